The van der Waals surface area contributed by atoms with E-state index in [0.29, 0.717) is 12.0 Å². The van der Waals surface area contributed by atoms with Crippen LogP contribution >= 0.6 is 11.6 Å². The Kier molecular flexibility index (Phi) is 3.55. The molecule has 0 aliphatic rings. The molecular formula is C14H15ClO2. The summed E-state index contributed by atoms with van der Waals surface area (Å²) in [4.78, 5) is 0. The Morgan fingerprint density at radius 1 is 1.24 bits per heavy atom. The van der Waals surface area contributed by atoms with Gasteiger partial charge in [0.25, 0.3) is 0 Å². The van der Waals surface area contributed by atoms with E-state index in [9.17, 15) is 5.11 Å². The monoisotopic (exact) mass is 250 g/mol. The van der Waals surface area contributed by atoms with Crippen molar-refractivity contribution < 1.29 is 9.52 Å². The zero-order chi connectivity index (χ0) is 12.4. The SMILES string of the molecule is Cc1cccc(C)c1CC(O)c1ccoc1Cl. The Morgan fingerprint density at radius 2 is 1.88 bits per heavy atom. The number of furan rings is 1. The zero-order valence-electron chi connectivity index (χ0n) is 9.90. The first kappa shape index (κ1) is 12.2. The zero-order valence-corrected chi connectivity index (χ0v) is 10.7. The molecule has 90 valence electrons. The van der Waals surface area contributed by atoms with Gasteiger partial charge >= 0.3 is 0 Å². The number of benzene rings is 1. The minimum atomic E-state index is -0.624. The molecule has 0 amide bonds. The molecule has 0 fully saturated rings. The molecule has 0 saturated carbocycles. The van der Waals surface area contributed by atoms with Crippen LogP contribution in [0.25, 0.3) is 0 Å². The quantitative estimate of drug-likeness (QED) is 0.898. The normalized spacial score (nSPS) is 12.7. The summed E-state index contributed by atoms with van der Waals surface area (Å²) >= 11 is 5.85. The number of aliphatic hydroxyl groups excluding tert-OH is 1. The summed E-state index contributed by atoms with van der Waals surface area (Å²) in [5.41, 5.74) is 4.18. The molecule has 0 saturated heterocycles. The van der Waals surface area contributed by atoms with Gasteiger partial charge in [-0.2, -0.15) is 0 Å². The van der Waals surface area contributed by atoms with Crippen LogP contribution in [-0.2, 0) is 6.42 Å². The van der Waals surface area contributed by atoms with Gasteiger partial charge in [0.05, 0.1) is 12.4 Å². The van der Waals surface area contributed by atoms with Gasteiger partial charge in [-0.25, -0.2) is 0 Å². The molecule has 0 spiro atoms. The van der Waals surface area contributed by atoms with Gasteiger partial charge < -0.3 is 9.52 Å². The number of rotatable bonds is 3. The average Bonchev–Trinajstić information content (AvgIpc) is 2.70. The highest BCUT2D eigenvalue weighted by Crippen LogP contribution is 2.28. The first-order valence-electron chi connectivity index (χ1n) is 5.55. The van der Waals surface area contributed by atoms with Crippen molar-refractivity contribution in [3.8, 4) is 0 Å². The van der Waals surface area contributed by atoms with E-state index in [1.165, 1.54) is 17.4 Å². The van der Waals surface area contributed by atoms with E-state index < -0.39 is 6.10 Å². The van der Waals surface area contributed by atoms with Crippen molar-refractivity contribution in [3.05, 3.63) is 58.0 Å². The summed E-state index contributed by atoms with van der Waals surface area (Å²) in [6.45, 7) is 4.10. The summed E-state index contributed by atoms with van der Waals surface area (Å²) < 4.78 is 4.99. The molecule has 1 unspecified atom stereocenters. The van der Waals surface area contributed by atoms with Crippen LogP contribution in [0, 0.1) is 13.8 Å². The van der Waals surface area contributed by atoms with Gasteiger partial charge in [-0.3, -0.25) is 0 Å². The van der Waals surface area contributed by atoms with E-state index in [-0.39, 0.29) is 5.22 Å². The standard InChI is InChI=1S/C14H15ClO2/c1-9-4-3-5-10(2)12(9)8-13(16)11-6-7-17-14(11)15/h3-7,13,16H,8H2,1-2H3. The van der Waals surface area contributed by atoms with E-state index in [1.54, 1.807) is 6.07 Å². The molecule has 0 bridgehead atoms. The Labute approximate surface area is 106 Å². The highest BCUT2D eigenvalue weighted by Gasteiger charge is 2.16. The van der Waals surface area contributed by atoms with Gasteiger partial charge in [-0.05, 0) is 48.2 Å². The number of halogens is 1. The van der Waals surface area contributed by atoms with Gasteiger partial charge in [0.1, 0.15) is 0 Å². The molecule has 2 rings (SSSR count). The summed E-state index contributed by atoms with van der Waals surface area (Å²) in [6.07, 6.45) is 1.42. The molecule has 1 aromatic carbocycles. The molecule has 17 heavy (non-hydrogen) atoms. The second kappa shape index (κ2) is 4.94. The third-order valence-electron chi connectivity index (χ3n) is 3.05. The fourth-order valence-corrected chi connectivity index (χ4v) is 2.26. The third-order valence-corrected chi connectivity index (χ3v) is 3.35. The Bertz CT molecular complexity index is 496. The first-order valence-corrected chi connectivity index (χ1v) is 5.93. The van der Waals surface area contributed by atoms with Crippen LogP contribution in [0.5, 0.6) is 0 Å². The topological polar surface area (TPSA) is 33.4 Å². The van der Waals surface area contributed by atoms with Gasteiger partial charge in [-0.1, -0.05) is 18.2 Å². The Hall–Kier alpha value is -1.25. The largest absolute Gasteiger partial charge is 0.453 e. The molecule has 0 aliphatic heterocycles. The molecule has 1 heterocycles. The second-order valence-electron chi connectivity index (χ2n) is 4.24. The molecule has 1 atom stereocenters. The van der Waals surface area contributed by atoms with Gasteiger partial charge in [0.15, 0.2) is 5.22 Å². The minimum Gasteiger partial charge on any atom is -0.453 e. The third kappa shape index (κ3) is 2.54. The molecule has 0 radical (unpaired) electrons. The lowest BCUT2D eigenvalue weighted by Gasteiger charge is -2.13. The summed E-state index contributed by atoms with van der Waals surface area (Å²) in [5.74, 6) is 0. The van der Waals surface area contributed by atoms with Crippen LogP contribution in [-0.4, -0.2) is 5.11 Å². The van der Waals surface area contributed by atoms with Crippen molar-refractivity contribution in [1.29, 1.82) is 0 Å². The highest BCUT2D eigenvalue weighted by atomic mass is 35.5. The van der Waals surface area contributed by atoms with Crippen LogP contribution in [0.4, 0.5) is 0 Å². The lowest BCUT2D eigenvalue weighted by molar-refractivity contribution is 0.177. The molecule has 2 nitrogen and oxygen atoms in total. The highest BCUT2D eigenvalue weighted by molar-refractivity contribution is 6.29. The molecule has 3 heteroatoms. The van der Waals surface area contributed by atoms with Gasteiger partial charge in [0, 0.05) is 12.0 Å². The fraction of sp³-hybridized carbons (Fsp3) is 0.286. The van der Waals surface area contributed by atoms with Crippen molar-refractivity contribution in [1.82, 2.24) is 0 Å². The maximum absolute atomic E-state index is 10.1. The van der Waals surface area contributed by atoms with Crippen LogP contribution in [0.15, 0.2) is 34.9 Å². The van der Waals surface area contributed by atoms with Crippen molar-refractivity contribution >= 4 is 11.6 Å². The smallest absolute Gasteiger partial charge is 0.198 e. The molecule has 1 N–H and O–H groups in total. The minimum absolute atomic E-state index is 0.267. The summed E-state index contributed by atoms with van der Waals surface area (Å²) in [5, 5.41) is 10.4. The second-order valence-corrected chi connectivity index (χ2v) is 4.58. The first-order chi connectivity index (χ1) is 8.09. The van der Waals surface area contributed by atoms with Crippen LogP contribution < -0.4 is 0 Å². The molecule has 2 aromatic rings. The van der Waals surface area contributed by atoms with E-state index in [1.807, 2.05) is 32.0 Å². The predicted octanol–water partition coefficient (Wildman–Crippen LogP) is 3.83. The maximum atomic E-state index is 10.1. The number of aliphatic hydroxyl groups is 1. The molecule has 0 aliphatic carbocycles. The lowest BCUT2D eigenvalue weighted by Crippen LogP contribution is -2.04. The van der Waals surface area contributed by atoms with Crippen molar-refractivity contribution in [3.63, 3.8) is 0 Å². The number of hydrogen-bond donors (Lipinski definition) is 1. The van der Waals surface area contributed by atoms with Crippen LogP contribution in [0.1, 0.15) is 28.4 Å². The number of aryl methyl sites for hydroxylation is 2. The van der Waals surface area contributed by atoms with Crippen LogP contribution in [0.3, 0.4) is 0 Å². The number of hydrogen-bond acceptors (Lipinski definition) is 2. The Balaban J connectivity index is 2.25. The van der Waals surface area contributed by atoms with Crippen molar-refractivity contribution in [2.75, 3.05) is 0 Å². The predicted molar refractivity (Wildman–Crippen MR) is 68.3 cm³/mol. The molecular weight excluding hydrogens is 236 g/mol. The van der Waals surface area contributed by atoms with Crippen molar-refractivity contribution in [2.45, 2.75) is 26.4 Å². The summed E-state index contributed by atoms with van der Waals surface area (Å²) in [6, 6.07) is 7.82. The van der Waals surface area contributed by atoms with Crippen molar-refractivity contribution in [2.24, 2.45) is 0 Å². The fourth-order valence-electron chi connectivity index (χ4n) is 2.02. The van der Waals surface area contributed by atoms with E-state index in [0.717, 1.165) is 5.56 Å². The maximum Gasteiger partial charge on any atom is 0.198 e. The van der Waals surface area contributed by atoms with Crippen LogP contribution in [0.2, 0.25) is 5.22 Å². The Morgan fingerprint density at radius 3 is 2.41 bits per heavy atom. The van der Waals surface area contributed by atoms with E-state index >= 15 is 0 Å². The average molecular weight is 251 g/mol. The van der Waals surface area contributed by atoms with E-state index in [2.05, 4.69) is 0 Å². The van der Waals surface area contributed by atoms with Gasteiger partial charge in [-0.15, -0.1) is 0 Å². The molecule has 1 aromatic heterocycles. The summed E-state index contributed by atoms with van der Waals surface area (Å²) in [7, 11) is 0. The lowest BCUT2D eigenvalue weighted by atomic mass is 9.95. The van der Waals surface area contributed by atoms with E-state index in [4.69, 9.17) is 16.0 Å². The van der Waals surface area contributed by atoms with Gasteiger partial charge in [0.2, 0.25) is 0 Å².